The maximum absolute atomic E-state index is 12.2. The Balaban J connectivity index is 2.00. The molecule has 2 rings (SSSR count). The summed E-state index contributed by atoms with van der Waals surface area (Å²) < 4.78 is 1.73. The number of nitrogens with zero attached hydrogens (tertiary/aromatic N) is 3. The highest BCUT2D eigenvalue weighted by atomic mass is 32.2. The second kappa shape index (κ2) is 6.47. The summed E-state index contributed by atoms with van der Waals surface area (Å²) in [5.41, 5.74) is 1.84. The van der Waals surface area contributed by atoms with Crippen molar-refractivity contribution in [3.05, 3.63) is 42.2 Å². The number of urea groups is 1. The van der Waals surface area contributed by atoms with Gasteiger partial charge in [-0.2, -0.15) is 5.10 Å². The van der Waals surface area contributed by atoms with E-state index in [1.807, 2.05) is 43.8 Å². The molecule has 6 heteroatoms. The van der Waals surface area contributed by atoms with E-state index in [1.165, 1.54) is 0 Å². The van der Waals surface area contributed by atoms with Gasteiger partial charge in [0.25, 0.3) is 0 Å². The van der Waals surface area contributed by atoms with Crippen molar-refractivity contribution in [3.63, 3.8) is 0 Å². The van der Waals surface area contributed by atoms with Crippen LogP contribution in [0.2, 0.25) is 0 Å². The molecule has 0 saturated carbocycles. The molecular formula is C14H18N4OS. The third kappa shape index (κ3) is 3.54. The standard InChI is InChI=1S/C14H18N4OS/c1-17(9-11-8-15-18(2)10-11)14(19)16-12-6-4-5-7-13(12)20-3/h4-8,10H,9H2,1-3H3,(H,16,19). The number of benzene rings is 1. The number of anilines is 1. The number of hydrogen-bond donors (Lipinski definition) is 1. The van der Waals surface area contributed by atoms with E-state index >= 15 is 0 Å². The van der Waals surface area contributed by atoms with Crippen LogP contribution in [0.1, 0.15) is 5.56 Å². The molecule has 0 fully saturated rings. The summed E-state index contributed by atoms with van der Waals surface area (Å²) in [6.07, 6.45) is 5.66. The predicted molar refractivity (Wildman–Crippen MR) is 81.9 cm³/mol. The van der Waals surface area contributed by atoms with E-state index in [0.717, 1.165) is 16.1 Å². The van der Waals surface area contributed by atoms with Crippen molar-refractivity contribution >= 4 is 23.5 Å². The molecule has 0 unspecified atom stereocenters. The molecule has 5 nitrogen and oxygen atoms in total. The third-order valence-electron chi connectivity index (χ3n) is 2.87. The first-order chi connectivity index (χ1) is 9.60. The lowest BCUT2D eigenvalue weighted by Crippen LogP contribution is -2.30. The van der Waals surface area contributed by atoms with Gasteiger partial charge in [0, 0.05) is 30.8 Å². The smallest absolute Gasteiger partial charge is 0.321 e. The van der Waals surface area contributed by atoms with Gasteiger partial charge in [-0.3, -0.25) is 4.68 Å². The van der Waals surface area contributed by atoms with Crippen molar-refractivity contribution in [3.8, 4) is 0 Å². The van der Waals surface area contributed by atoms with Gasteiger partial charge >= 0.3 is 6.03 Å². The van der Waals surface area contributed by atoms with Gasteiger partial charge in [0.15, 0.2) is 0 Å². The summed E-state index contributed by atoms with van der Waals surface area (Å²) in [6.45, 7) is 0.529. The maximum atomic E-state index is 12.2. The Morgan fingerprint density at radius 3 is 2.85 bits per heavy atom. The van der Waals surface area contributed by atoms with Crippen LogP contribution in [0.15, 0.2) is 41.6 Å². The van der Waals surface area contributed by atoms with Crippen molar-refractivity contribution in [1.82, 2.24) is 14.7 Å². The van der Waals surface area contributed by atoms with Crippen LogP contribution in [0.25, 0.3) is 0 Å². The molecule has 0 radical (unpaired) electrons. The van der Waals surface area contributed by atoms with Gasteiger partial charge in [0.2, 0.25) is 0 Å². The highest BCUT2D eigenvalue weighted by Gasteiger charge is 2.11. The molecule has 0 bridgehead atoms. The highest BCUT2D eigenvalue weighted by molar-refractivity contribution is 7.98. The average Bonchev–Trinajstić information content (AvgIpc) is 2.84. The molecule has 1 aromatic carbocycles. The van der Waals surface area contributed by atoms with Crippen molar-refractivity contribution in [2.24, 2.45) is 7.05 Å². The Kier molecular flexibility index (Phi) is 4.68. The molecule has 0 atom stereocenters. The van der Waals surface area contributed by atoms with Crippen LogP contribution in [0.5, 0.6) is 0 Å². The second-order valence-electron chi connectivity index (χ2n) is 4.51. The number of nitrogens with one attached hydrogen (secondary N) is 1. The molecule has 1 heterocycles. The van der Waals surface area contributed by atoms with Gasteiger partial charge in [0.05, 0.1) is 18.4 Å². The number of para-hydroxylation sites is 1. The molecule has 1 aromatic heterocycles. The molecule has 1 N–H and O–H groups in total. The van der Waals surface area contributed by atoms with Gasteiger partial charge in [-0.15, -0.1) is 11.8 Å². The minimum absolute atomic E-state index is 0.129. The summed E-state index contributed by atoms with van der Waals surface area (Å²) in [4.78, 5) is 14.9. The molecular weight excluding hydrogens is 272 g/mol. The summed E-state index contributed by atoms with van der Waals surface area (Å²) in [6, 6.07) is 7.63. The normalized spacial score (nSPS) is 10.3. The number of rotatable bonds is 4. The summed E-state index contributed by atoms with van der Waals surface area (Å²) in [5, 5.41) is 7.02. The van der Waals surface area contributed by atoms with Crippen molar-refractivity contribution in [2.45, 2.75) is 11.4 Å². The molecule has 0 aliphatic heterocycles. The topological polar surface area (TPSA) is 50.2 Å². The van der Waals surface area contributed by atoms with Gasteiger partial charge in [0.1, 0.15) is 0 Å². The van der Waals surface area contributed by atoms with Crippen LogP contribution in [-0.2, 0) is 13.6 Å². The van der Waals surface area contributed by atoms with E-state index in [1.54, 1.807) is 34.6 Å². The fourth-order valence-electron chi connectivity index (χ4n) is 1.86. The minimum Gasteiger partial charge on any atom is -0.323 e. The molecule has 106 valence electrons. The van der Waals surface area contributed by atoms with Crippen molar-refractivity contribution in [2.75, 3.05) is 18.6 Å². The number of carbonyl (C=O) groups is 1. The monoisotopic (exact) mass is 290 g/mol. The van der Waals surface area contributed by atoms with Crippen LogP contribution in [-0.4, -0.2) is 34.0 Å². The first-order valence-corrected chi connectivity index (χ1v) is 7.45. The third-order valence-corrected chi connectivity index (χ3v) is 3.67. The van der Waals surface area contributed by atoms with E-state index in [-0.39, 0.29) is 6.03 Å². The van der Waals surface area contributed by atoms with E-state index in [2.05, 4.69) is 10.4 Å². The van der Waals surface area contributed by atoms with Crippen molar-refractivity contribution < 1.29 is 4.79 Å². The SMILES string of the molecule is CSc1ccccc1NC(=O)N(C)Cc1cnn(C)c1. The first-order valence-electron chi connectivity index (χ1n) is 6.23. The maximum Gasteiger partial charge on any atom is 0.321 e. The van der Waals surface area contributed by atoms with E-state index in [4.69, 9.17) is 0 Å². The van der Waals surface area contributed by atoms with Gasteiger partial charge in [-0.1, -0.05) is 12.1 Å². The zero-order valence-electron chi connectivity index (χ0n) is 11.8. The van der Waals surface area contributed by atoms with E-state index in [9.17, 15) is 4.79 Å². The molecule has 2 aromatic rings. The summed E-state index contributed by atoms with van der Waals surface area (Å²) in [7, 11) is 3.63. The molecule has 0 saturated heterocycles. The Labute approximate surface area is 123 Å². The predicted octanol–water partition coefficient (Wildman–Crippen LogP) is 2.81. The Morgan fingerprint density at radius 1 is 1.45 bits per heavy atom. The van der Waals surface area contributed by atoms with Crippen LogP contribution in [0.3, 0.4) is 0 Å². The van der Waals surface area contributed by atoms with Gasteiger partial charge < -0.3 is 10.2 Å². The van der Waals surface area contributed by atoms with Crippen LogP contribution in [0.4, 0.5) is 10.5 Å². The first kappa shape index (κ1) is 14.5. The number of hydrogen-bond acceptors (Lipinski definition) is 3. The zero-order chi connectivity index (χ0) is 14.5. The number of thioether (sulfide) groups is 1. The Hall–Kier alpha value is -1.95. The fraction of sp³-hybridized carbons (Fsp3) is 0.286. The molecule has 0 spiro atoms. The summed E-state index contributed by atoms with van der Waals surface area (Å²) >= 11 is 1.61. The number of aromatic nitrogens is 2. The largest absolute Gasteiger partial charge is 0.323 e. The second-order valence-corrected chi connectivity index (χ2v) is 5.36. The lowest BCUT2D eigenvalue weighted by atomic mass is 10.3. The molecule has 20 heavy (non-hydrogen) atoms. The molecule has 0 aliphatic rings. The molecule has 0 aliphatic carbocycles. The van der Waals surface area contributed by atoms with E-state index < -0.39 is 0 Å². The minimum atomic E-state index is -0.129. The quantitative estimate of drug-likeness (QED) is 0.881. The van der Waals surface area contributed by atoms with Crippen LogP contribution >= 0.6 is 11.8 Å². The van der Waals surface area contributed by atoms with Crippen LogP contribution < -0.4 is 5.32 Å². The van der Waals surface area contributed by atoms with Gasteiger partial charge in [-0.05, 0) is 18.4 Å². The number of carbonyl (C=O) groups excluding carboxylic acids is 1. The zero-order valence-corrected chi connectivity index (χ0v) is 12.6. The Bertz CT molecular complexity index is 596. The van der Waals surface area contributed by atoms with Crippen LogP contribution in [0, 0.1) is 0 Å². The fourth-order valence-corrected chi connectivity index (χ4v) is 2.41. The van der Waals surface area contributed by atoms with E-state index in [0.29, 0.717) is 6.54 Å². The van der Waals surface area contributed by atoms with Crippen molar-refractivity contribution in [1.29, 1.82) is 0 Å². The highest BCUT2D eigenvalue weighted by Crippen LogP contribution is 2.24. The van der Waals surface area contributed by atoms with Gasteiger partial charge in [-0.25, -0.2) is 4.79 Å². The summed E-state index contributed by atoms with van der Waals surface area (Å²) in [5.74, 6) is 0. The average molecular weight is 290 g/mol. The molecule has 2 amide bonds. The lowest BCUT2D eigenvalue weighted by molar-refractivity contribution is 0.220. The Morgan fingerprint density at radius 2 is 2.20 bits per heavy atom. The number of aryl methyl sites for hydroxylation is 1. The number of amides is 2. The lowest BCUT2D eigenvalue weighted by Gasteiger charge is -2.18.